The molecule has 0 bridgehead atoms. The van der Waals surface area contributed by atoms with Gasteiger partial charge in [-0.25, -0.2) is 0 Å². The Morgan fingerprint density at radius 1 is 1.03 bits per heavy atom. The van der Waals surface area contributed by atoms with Gasteiger partial charge in [0.25, 0.3) is 11.8 Å². The van der Waals surface area contributed by atoms with Crippen LogP contribution in [0.5, 0.6) is 23.0 Å². The fourth-order valence-electron chi connectivity index (χ4n) is 2.82. The first-order chi connectivity index (χ1) is 15.1. The van der Waals surface area contributed by atoms with Gasteiger partial charge in [-0.1, -0.05) is 19.4 Å². The summed E-state index contributed by atoms with van der Waals surface area (Å²) in [6, 6.07) is 10.2. The fourth-order valence-corrected chi connectivity index (χ4v) is 2.82. The Morgan fingerprint density at radius 2 is 1.84 bits per heavy atom. The normalized spacial score (nSPS) is 12.3. The Morgan fingerprint density at radius 3 is 2.61 bits per heavy atom. The van der Waals surface area contributed by atoms with Crippen LogP contribution in [0.3, 0.4) is 0 Å². The molecule has 0 radical (unpaired) electrons. The number of hydrazine groups is 1. The third-order valence-electron chi connectivity index (χ3n) is 4.47. The van der Waals surface area contributed by atoms with Crippen molar-refractivity contribution in [1.82, 2.24) is 10.9 Å². The summed E-state index contributed by atoms with van der Waals surface area (Å²) in [6.45, 7) is 3.61. The van der Waals surface area contributed by atoms with Gasteiger partial charge in [0.1, 0.15) is 13.2 Å². The Kier molecular flexibility index (Phi) is 7.75. The zero-order valence-electron chi connectivity index (χ0n) is 17.6. The minimum absolute atomic E-state index is 0.344. The van der Waals surface area contributed by atoms with E-state index in [1.807, 2.05) is 6.07 Å². The zero-order valence-corrected chi connectivity index (χ0v) is 17.6. The lowest BCUT2D eigenvalue weighted by atomic mass is 10.2. The second-order valence-corrected chi connectivity index (χ2v) is 6.75. The first-order valence-electron chi connectivity index (χ1n) is 10.1. The van der Waals surface area contributed by atoms with E-state index in [1.165, 1.54) is 6.08 Å². The van der Waals surface area contributed by atoms with Crippen molar-refractivity contribution in [2.24, 2.45) is 0 Å². The molecule has 0 unspecified atom stereocenters. The van der Waals surface area contributed by atoms with E-state index in [2.05, 4.69) is 17.8 Å². The standard InChI is InChI=1S/C23H26N2O6/c1-3-4-11-29-18-8-5-16(14-20(18)28-2)6-10-22(26)24-25-23(27)17-7-9-19-21(15-17)31-13-12-30-19/h5-10,14-15H,3-4,11-13H2,1-2H3,(H,24,26)(H,25,27)/b10-6+. The van der Waals surface area contributed by atoms with Crippen LogP contribution >= 0.6 is 0 Å². The average molecular weight is 426 g/mol. The highest BCUT2D eigenvalue weighted by molar-refractivity contribution is 5.98. The summed E-state index contributed by atoms with van der Waals surface area (Å²) in [6.07, 6.45) is 4.94. The number of unbranched alkanes of at least 4 members (excludes halogenated alkanes) is 1. The van der Waals surface area contributed by atoms with Gasteiger partial charge in [-0.2, -0.15) is 0 Å². The zero-order chi connectivity index (χ0) is 22.1. The third-order valence-corrected chi connectivity index (χ3v) is 4.47. The van der Waals surface area contributed by atoms with Crippen LogP contribution in [-0.2, 0) is 4.79 Å². The van der Waals surface area contributed by atoms with Gasteiger partial charge < -0.3 is 18.9 Å². The van der Waals surface area contributed by atoms with Crippen molar-refractivity contribution >= 4 is 17.9 Å². The summed E-state index contributed by atoms with van der Waals surface area (Å²) < 4.78 is 21.9. The maximum atomic E-state index is 12.3. The molecule has 1 aliphatic heterocycles. The van der Waals surface area contributed by atoms with Crippen molar-refractivity contribution in [2.45, 2.75) is 19.8 Å². The van der Waals surface area contributed by atoms with Crippen molar-refractivity contribution < 1.29 is 28.5 Å². The molecule has 31 heavy (non-hydrogen) atoms. The van der Waals surface area contributed by atoms with Crippen molar-refractivity contribution in [1.29, 1.82) is 0 Å². The van der Waals surface area contributed by atoms with Gasteiger partial charge in [-0.3, -0.25) is 20.4 Å². The van der Waals surface area contributed by atoms with Crippen LogP contribution in [-0.4, -0.2) is 38.7 Å². The van der Waals surface area contributed by atoms with E-state index in [0.29, 0.717) is 48.4 Å². The Hall–Kier alpha value is -3.68. The molecule has 1 heterocycles. The van der Waals surface area contributed by atoms with E-state index < -0.39 is 11.8 Å². The van der Waals surface area contributed by atoms with Crippen LogP contribution in [0.2, 0.25) is 0 Å². The number of hydrogen-bond donors (Lipinski definition) is 2. The molecule has 1 aliphatic rings. The quantitative estimate of drug-likeness (QED) is 0.383. The molecule has 164 valence electrons. The van der Waals surface area contributed by atoms with Gasteiger partial charge in [-0.15, -0.1) is 0 Å². The topological polar surface area (TPSA) is 95.1 Å². The predicted molar refractivity (Wildman–Crippen MR) is 115 cm³/mol. The number of carbonyl (C=O) groups excluding carboxylic acids is 2. The maximum Gasteiger partial charge on any atom is 0.269 e. The molecule has 2 aromatic rings. The summed E-state index contributed by atoms with van der Waals surface area (Å²) in [4.78, 5) is 24.3. The van der Waals surface area contributed by atoms with E-state index >= 15 is 0 Å². The molecule has 2 N–H and O–H groups in total. The van der Waals surface area contributed by atoms with E-state index in [0.717, 1.165) is 18.4 Å². The van der Waals surface area contributed by atoms with Crippen molar-refractivity contribution in [3.8, 4) is 23.0 Å². The maximum absolute atomic E-state index is 12.3. The molecule has 0 spiro atoms. The van der Waals surface area contributed by atoms with E-state index in [9.17, 15) is 9.59 Å². The van der Waals surface area contributed by atoms with Crippen molar-refractivity contribution in [3.05, 3.63) is 53.6 Å². The summed E-state index contributed by atoms with van der Waals surface area (Å²) in [5.74, 6) is 1.39. The number of ether oxygens (including phenoxy) is 4. The van der Waals surface area contributed by atoms with Gasteiger partial charge in [-0.05, 0) is 48.4 Å². The summed E-state index contributed by atoms with van der Waals surface area (Å²) >= 11 is 0. The Bertz CT molecular complexity index is 957. The number of amides is 2. The lowest BCUT2D eigenvalue weighted by molar-refractivity contribution is -0.117. The number of benzene rings is 2. The monoisotopic (exact) mass is 426 g/mol. The van der Waals surface area contributed by atoms with Crippen LogP contribution in [0.15, 0.2) is 42.5 Å². The van der Waals surface area contributed by atoms with Crippen LogP contribution in [0.25, 0.3) is 6.08 Å². The molecular formula is C23H26N2O6. The summed E-state index contributed by atoms with van der Waals surface area (Å²) in [5.41, 5.74) is 5.83. The smallest absolute Gasteiger partial charge is 0.269 e. The SMILES string of the molecule is CCCCOc1ccc(/C=C/C(=O)NNC(=O)c2ccc3c(c2)OCCO3)cc1OC. The predicted octanol–water partition coefficient (Wildman–Crippen LogP) is 3.12. The highest BCUT2D eigenvalue weighted by Crippen LogP contribution is 2.31. The van der Waals surface area contributed by atoms with Crippen LogP contribution < -0.4 is 29.8 Å². The molecule has 0 atom stereocenters. The number of methoxy groups -OCH3 is 1. The third kappa shape index (κ3) is 6.15. The van der Waals surface area contributed by atoms with Crippen LogP contribution in [0, 0.1) is 0 Å². The summed E-state index contributed by atoms with van der Waals surface area (Å²) in [7, 11) is 1.57. The molecule has 0 saturated carbocycles. The van der Waals surface area contributed by atoms with Crippen molar-refractivity contribution in [2.75, 3.05) is 26.9 Å². The largest absolute Gasteiger partial charge is 0.493 e. The lowest BCUT2D eigenvalue weighted by Gasteiger charge is -2.18. The number of hydrogen-bond acceptors (Lipinski definition) is 6. The number of carbonyl (C=O) groups is 2. The van der Waals surface area contributed by atoms with E-state index in [-0.39, 0.29) is 0 Å². The lowest BCUT2D eigenvalue weighted by Crippen LogP contribution is -2.40. The molecule has 0 aromatic heterocycles. The minimum atomic E-state index is -0.479. The van der Waals surface area contributed by atoms with Gasteiger partial charge in [0, 0.05) is 11.6 Å². The highest BCUT2D eigenvalue weighted by Gasteiger charge is 2.15. The van der Waals surface area contributed by atoms with Gasteiger partial charge in [0.2, 0.25) is 0 Å². The first kappa shape index (κ1) is 22.0. The molecule has 2 aromatic carbocycles. The molecule has 3 rings (SSSR count). The second kappa shape index (κ2) is 10.9. The van der Waals surface area contributed by atoms with Crippen molar-refractivity contribution in [3.63, 3.8) is 0 Å². The van der Waals surface area contributed by atoms with Gasteiger partial charge >= 0.3 is 0 Å². The Balaban J connectivity index is 1.53. The number of nitrogens with one attached hydrogen (secondary N) is 2. The minimum Gasteiger partial charge on any atom is -0.493 e. The number of rotatable bonds is 8. The molecule has 8 heteroatoms. The molecular weight excluding hydrogens is 400 g/mol. The number of fused-ring (bicyclic) bond motifs is 1. The molecule has 2 amide bonds. The van der Waals surface area contributed by atoms with E-state index in [1.54, 1.807) is 43.5 Å². The Labute approximate surface area is 181 Å². The average Bonchev–Trinajstić information content (AvgIpc) is 2.81. The van der Waals surface area contributed by atoms with Crippen LogP contribution in [0.4, 0.5) is 0 Å². The molecule has 0 aliphatic carbocycles. The van der Waals surface area contributed by atoms with E-state index in [4.69, 9.17) is 18.9 Å². The first-order valence-corrected chi connectivity index (χ1v) is 10.1. The van der Waals surface area contributed by atoms with Gasteiger partial charge in [0.05, 0.1) is 13.7 Å². The molecule has 0 fully saturated rings. The fraction of sp³-hybridized carbons (Fsp3) is 0.304. The second-order valence-electron chi connectivity index (χ2n) is 6.75. The van der Waals surface area contributed by atoms with Gasteiger partial charge in [0.15, 0.2) is 23.0 Å². The summed E-state index contributed by atoms with van der Waals surface area (Å²) in [5, 5.41) is 0. The molecule has 8 nitrogen and oxygen atoms in total. The highest BCUT2D eigenvalue weighted by atomic mass is 16.6. The molecule has 0 saturated heterocycles. The van der Waals surface area contributed by atoms with Crippen LogP contribution in [0.1, 0.15) is 35.7 Å².